The van der Waals surface area contributed by atoms with Crippen molar-refractivity contribution in [2.24, 2.45) is 12.0 Å². The second-order valence-electron chi connectivity index (χ2n) is 3.49. The number of hydrogen-bond acceptors (Lipinski definition) is 2. The van der Waals surface area contributed by atoms with Crippen molar-refractivity contribution in [2.45, 2.75) is 0 Å². The van der Waals surface area contributed by atoms with Crippen LogP contribution in [0.3, 0.4) is 0 Å². The molecule has 0 atom stereocenters. The van der Waals surface area contributed by atoms with E-state index in [1.54, 1.807) is 6.08 Å². The minimum Gasteiger partial charge on any atom is -0.327 e. The Hall–Kier alpha value is -1.94. The Labute approximate surface area is 103 Å². The van der Waals surface area contributed by atoms with Gasteiger partial charge in [-0.05, 0) is 11.6 Å². The Bertz CT molecular complexity index is 593. The van der Waals surface area contributed by atoms with E-state index in [0.29, 0.717) is 4.80 Å². The van der Waals surface area contributed by atoms with Crippen LogP contribution < -0.4 is 4.80 Å². The number of benzene rings is 1. The first-order valence-corrected chi connectivity index (χ1v) is 6.05. The van der Waals surface area contributed by atoms with E-state index in [9.17, 15) is 4.79 Å². The lowest BCUT2D eigenvalue weighted by molar-refractivity contribution is -0.113. The summed E-state index contributed by atoms with van der Waals surface area (Å²) >= 11 is 1.44. The minimum atomic E-state index is -0.244. The first-order chi connectivity index (χ1) is 8.25. The van der Waals surface area contributed by atoms with E-state index >= 15 is 0 Å². The van der Waals surface area contributed by atoms with Gasteiger partial charge in [0.15, 0.2) is 4.80 Å². The number of rotatable bonds is 2. The second-order valence-corrected chi connectivity index (χ2v) is 4.36. The molecule has 3 nitrogen and oxygen atoms in total. The summed E-state index contributed by atoms with van der Waals surface area (Å²) in [5.41, 5.74) is 0.992. The van der Waals surface area contributed by atoms with E-state index in [2.05, 4.69) is 4.99 Å². The highest BCUT2D eigenvalue weighted by molar-refractivity contribution is 7.07. The number of thiazole rings is 1. The van der Waals surface area contributed by atoms with Gasteiger partial charge in [0.1, 0.15) is 0 Å². The lowest BCUT2D eigenvalue weighted by Gasteiger charge is -1.90. The van der Waals surface area contributed by atoms with Crippen LogP contribution in [0.2, 0.25) is 0 Å². The van der Waals surface area contributed by atoms with Crippen LogP contribution in [0.4, 0.5) is 0 Å². The van der Waals surface area contributed by atoms with E-state index in [1.165, 1.54) is 17.4 Å². The minimum absolute atomic E-state index is 0.244. The van der Waals surface area contributed by atoms with Crippen molar-refractivity contribution in [3.8, 4) is 0 Å². The third kappa shape index (κ3) is 3.26. The van der Waals surface area contributed by atoms with Crippen molar-refractivity contribution in [3.05, 3.63) is 58.3 Å². The zero-order chi connectivity index (χ0) is 12.1. The molecule has 0 saturated heterocycles. The van der Waals surface area contributed by atoms with Gasteiger partial charge in [0.05, 0.1) is 0 Å². The Morgan fingerprint density at radius 1 is 1.35 bits per heavy atom. The number of hydrogen-bond donors (Lipinski definition) is 0. The summed E-state index contributed by atoms with van der Waals surface area (Å²) in [6, 6.07) is 9.68. The van der Waals surface area contributed by atoms with Gasteiger partial charge in [-0.15, -0.1) is 11.3 Å². The Morgan fingerprint density at radius 3 is 2.76 bits per heavy atom. The molecule has 0 spiro atoms. The third-order valence-electron chi connectivity index (χ3n) is 2.18. The molecule has 0 N–H and O–H groups in total. The summed E-state index contributed by atoms with van der Waals surface area (Å²) in [4.78, 5) is 16.3. The summed E-state index contributed by atoms with van der Waals surface area (Å²) in [7, 11) is 1.86. The summed E-state index contributed by atoms with van der Waals surface area (Å²) in [5.74, 6) is -0.244. The molecule has 1 aromatic heterocycles. The van der Waals surface area contributed by atoms with Crippen LogP contribution in [0.1, 0.15) is 5.56 Å². The number of carbonyl (C=O) groups is 1. The average Bonchev–Trinajstić information content (AvgIpc) is 2.74. The van der Waals surface area contributed by atoms with Crippen molar-refractivity contribution >= 4 is 23.3 Å². The SMILES string of the molecule is Cn1ccsc1=NC(=O)/C=C/c1ccccc1. The predicted octanol–water partition coefficient (Wildman–Crippen LogP) is 2.23. The summed E-state index contributed by atoms with van der Waals surface area (Å²) in [6.07, 6.45) is 5.12. The number of aromatic nitrogens is 1. The highest BCUT2D eigenvalue weighted by atomic mass is 32.1. The molecule has 0 aliphatic heterocycles. The van der Waals surface area contributed by atoms with Crippen LogP contribution in [-0.2, 0) is 11.8 Å². The fourth-order valence-corrected chi connectivity index (χ4v) is 2.03. The molecule has 1 aromatic carbocycles. The molecule has 0 saturated carbocycles. The molecular formula is C13H12N2OS. The van der Waals surface area contributed by atoms with Gasteiger partial charge in [-0.2, -0.15) is 4.99 Å². The maximum atomic E-state index is 11.6. The number of carbonyl (C=O) groups excluding carboxylic acids is 1. The molecule has 17 heavy (non-hydrogen) atoms. The molecule has 2 aromatic rings. The molecule has 0 bridgehead atoms. The fourth-order valence-electron chi connectivity index (χ4n) is 1.30. The molecule has 4 heteroatoms. The summed E-state index contributed by atoms with van der Waals surface area (Å²) in [6.45, 7) is 0. The smallest absolute Gasteiger partial charge is 0.272 e. The molecule has 0 aliphatic rings. The van der Waals surface area contributed by atoms with Crippen molar-refractivity contribution in [3.63, 3.8) is 0 Å². The van der Waals surface area contributed by atoms with E-state index in [-0.39, 0.29) is 5.91 Å². The highest BCUT2D eigenvalue weighted by Crippen LogP contribution is 2.00. The monoisotopic (exact) mass is 244 g/mol. The van der Waals surface area contributed by atoms with Crippen LogP contribution >= 0.6 is 11.3 Å². The van der Waals surface area contributed by atoms with Crippen LogP contribution in [0.15, 0.2) is 53.0 Å². The van der Waals surface area contributed by atoms with Gasteiger partial charge in [0.2, 0.25) is 0 Å². The average molecular weight is 244 g/mol. The van der Waals surface area contributed by atoms with Crippen molar-refractivity contribution in [1.29, 1.82) is 0 Å². The fraction of sp³-hybridized carbons (Fsp3) is 0.0769. The Morgan fingerprint density at radius 2 is 2.12 bits per heavy atom. The van der Waals surface area contributed by atoms with Crippen molar-refractivity contribution < 1.29 is 4.79 Å². The van der Waals surface area contributed by atoms with Crippen molar-refractivity contribution in [2.75, 3.05) is 0 Å². The normalized spacial score (nSPS) is 12.2. The van der Waals surface area contributed by atoms with E-state index in [4.69, 9.17) is 0 Å². The molecule has 2 rings (SSSR count). The van der Waals surface area contributed by atoms with Gasteiger partial charge in [-0.1, -0.05) is 30.3 Å². The maximum Gasteiger partial charge on any atom is 0.272 e. The molecule has 86 valence electrons. The van der Waals surface area contributed by atoms with Gasteiger partial charge in [-0.3, -0.25) is 4.79 Å². The highest BCUT2D eigenvalue weighted by Gasteiger charge is 1.94. The number of aryl methyl sites for hydroxylation is 1. The number of nitrogens with zero attached hydrogens (tertiary/aromatic N) is 2. The van der Waals surface area contributed by atoms with E-state index in [1.807, 2.05) is 53.5 Å². The standard InChI is InChI=1S/C13H12N2OS/c1-15-9-10-17-13(15)14-12(16)8-7-11-5-3-2-4-6-11/h2-10H,1H3/b8-7+,14-13?. The lowest BCUT2D eigenvalue weighted by Crippen LogP contribution is -2.11. The zero-order valence-corrected chi connectivity index (χ0v) is 10.2. The van der Waals surface area contributed by atoms with Gasteiger partial charge >= 0.3 is 0 Å². The van der Waals surface area contributed by atoms with Crippen LogP contribution in [0.25, 0.3) is 6.08 Å². The lowest BCUT2D eigenvalue weighted by atomic mass is 10.2. The Kier molecular flexibility index (Phi) is 3.67. The first-order valence-electron chi connectivity index (χ1n) is 5.17. The topological polar surface area (TPSA) is 34.4 Å². The molecule has 1 heterocycles. The number of amides is 1. The van der Waals surface area contributed by atoms with Gasteiger partial charge in [0, 0.05) is 24.7 Å². The van der Waals surface area contributed by atoms with Crippen LogP contribution in [-0.4, -0.2) is 10.5 Å². The van der Waals surface area contributed by atoms with Gasteiger partial charge in [0.25, 0.3) is 5.91 Å². The molecule has 0 aliphatic carbocycles. The van der Waals surface area contributed by atoms with Gasteiger partial charge in [-0.25, -0.2) is 0 Å². The Balaban J connectivity index is 2.14. The molecule has 0 fully saturated rings. The predicted molar refractivity (Wildman–Crippen MR) is 69.3 cm³/mol. The van der Waals surface area contributed by atoms with Crippen LogP contribution in [0.5, 0.6) is 0 Å². The summed E-state index contributed by atoms with van der Waals surface area (Å²) in [5, 5.41) is 1.90. The first kappa shape index (κ1) is 11.5. The molecule has 0 unspecified atom stereocenters. The largest absolute Gasteiger partial charge is 0.327 e. The molecular weight excluding hydrogens is 232 g/mol. The maximum absolute atomic E-state index is 11.6. The quantitative estimate of drug-likeness (QED) is 0.746. The van der Waals surface area contributed by atoms with E-state index < -0.39 is 0 Å². The van der Waals surface area contributed by atoms with E-state index in [0.717, 1.165) is 5.56 Å². The summed E-state index contributed by atoms with van der Waals surface area (Å²) < 4.78 is 1.82. The van der Waals surface area contributed by atoms with Gasteiger partial charge < -0.3 is 4.57 Å². The van der Waals surface area contributed by atoms with Crippen molar-refractivity contribution in [1.82, 2.24) is 4.57 Å². The molecule has 1 amide bonds. The van der Waals surface area contributed by atoms with Crippen LogP contribution in [0, 0.1) is 0 Å². The zero-order valence-electron chi connectivity index (χ0n) is 9.41. The molecule has 0 radical (unpaired) electrons. The second kappa shape index (κ2) is 5.41. The third-order valence-corrected chi connectivity index (χ3v) is 3.03.